The maximum atomic E-state index is 12.5. The molecule has 0 aliphatic carbocycles. The van der Waals surface area contributed by atoms with Crippen LogP contribution in [0.25, 0.3) is 17.1 Å². The highest BCUT2D eigenvalue weighted by molar-refractivity contribution is 7.99. The Morgan fingerprint density at radius 1 is 1.06 bits per heavy atom. The van der Waals surface area contributed by atoms with Crippen LogP contribution in [0.15, 0.2) is 78.0 Å². The molecule has 10 heteroatoms. The molecule has 3 N–H and O–H groups in total. The number of hydrogen-bond donors (Lipinski definition) is 2. The number of benzene rings is 3. The minimum atomic E-state index is -0.527. The zero-order chi connectivity index (χ0) is 24.1. The van der Waals surface area contributed by atoms with E-state index in [0.29, 0.717) is 33.0 Å². The molecule has 0 unspecified atom stereocenters. The van der Waals surface area contributed by atoms with Crippen LogP contribution in [-0.4, -0.2) is 39.4 Å². The molecule has 2 amide bonds. The molecule has 0 aliphatic heterocycles. The zero-order valence-electron chi connectivity index (χ0n) is 18.1. The quantitative estimate of drug-likeness (QED) is 0.351. The predicted octanol–water partition coefficient (Wildman–Crippen LogP) is 4.43. The second kappa shape index (κ2) is 10.4. The number of methoxy groups -OCH3 is 1. The Hall–Kier alpha value is -3.82. The number of amides is 2. The van der Waals surface area contributed by atoms with Gasteiger partial charge < -0.3 is 15.8 Å². The number of hydrogen-bond acceptors (Lipinski definition) is 6. The first-order valence-corrected chi connectivity index (χ1v) is 11.5. The van der Waals surface area contributed by atoms with Crippen LogP contribution in [-0.2, 0) is 4.79 Å². The molecule has 0 spiro atoms. The molecular formula is C24H20ClN5O3S. The van der Waals surface area contributed by atoms with Crippen molar-refractivity contribution in [2.24, 2.45) is 5.73 Å². The summed E-state index contributed by atoms with van der Waals surface area (Å²) in [6.07, 6.45) is 0. The van der Waals surface area contributed by atoms with Gasteiger partial charge in [0.1, 0.15) is 5.75 Å². The Bertz CT molecular complexity index is 1330. The summed E-state index contributed by atoms with van der Waals surface area (Å²) in [5.74, 6) is 0.498. The third-order valence-electron chi connectivity index (χ3n) is 4.84. The fourth-order valence-electron chi connectivity index (χ4n) is 3.21. The third-order valence-corrected chi connectivity index (χ3v) is 6.07. The third kappa shape index (κ3) is 5.22. The summed E-state index contributed by atoms with van der Waals surface area (Å²) < 4.78 is 7.11. The number of carbonyl (C=O) groups excluding carboxylic acids is 2. The highest BCUT2D eigenvalue weighted by Gasteiger charge is 2.18. The summed E-state index contributed by atoms with van der Waals surface area (Å²) in [5, 5.41) is 12.5. The lowest BCUT2D eigenvalue weighted by atomic mass is 10.2. The van der Waals surface area contributed by atoms with Gasteiger partial charge in [-0.3, -0.25) is 14.2 Å². The fourth-order valence-corrected chi connectivity index (χ4v) is 4.21. The van der Waals surface area contributed by atoms with Crippen LogP contribution in [0.5, 0.6) is 5.75 Å². The fraction of sp³-hybridized carbons (Fsp3) is 0.0833. The molecule has 4 rings (SSSR count). The van der Waals surface area contributed by atoms with Gasteiger partial charge in [-0.1, -0.05) is 53.7 Å². The normalized spacial score (nSPS) is 10.6. The molecule has 0 saturated carbocycles. The molecule has 0 atom stereocenters. The van der Waals surface area contributed by atoms with Gasteiger partial charge in [0, 0.05) is 16.8 Å². The lowest BCUT2D eigenvalue weighted by Gasteiger charge is -2.12. The van der Waals surface area contributed by atoms with Gasteiger partial charge in [0.15, 0.2) is 11.0 Å². The van der Waals surface area contributed by atoms with Crippen molar-refractivity contribution in [2.75, 3.05) is 18.2 Å². The second-order valence-electron chi connectivity index (χ2n) is 7.10. The number of nitrogens with two attached hydrogens (primary N) is 1. The molecule has 0 aliphatic rings. The molecule has 0 fully saturated rings. The summed E-state index contributed by atoms with van der Waals surface area (Å²) in [6, 6.07) is 21.4. The van der Waals surface area contributed by atoms with E-state index in [1.165, 1.54) is 11.8 Å². The number of nitrogens with zero attached hydrogens (tertiary/aromatic N) is 3. The number of ether oxygens (including phenoxy) is 1. The molecule has 0 bridgehead atoms. The summed E-state index contributed by atoms with van der Waals surface area (Å²) in [5.41, 5.74) is 7.78. The number of aromatic nitrogens is 3. The van der Waals surface area contributed by atoms with E-state index in [4.69, 9.17) is 22.1 Å². The molecule has 8 nitrogen and oxygen atoms in total. The Labute approximate surface area is 205 Å². The SMILES string of the molecule is COc1ccc(-n2c(SCC(=O)Nc3ccc(C(N)=O)cc3)nnc2-c2ccccc2)cc1Cl. The number of anilines is 1. The van der Waals surface area contributed by atoms with Gasteiger partial charge in [-0.05, 0) is 42.5 Å². The largest absolute Gasteiger partial charge is 0.495 e. The van der Waals surface area contributed by atoms with Gasteiger partial charge in [-0.2, -0.15) is 0 Å². The average molecular weight is 494 g/mol. The van der Waals surface area contributed by atoms with Crippen LogP contribution in [0.3, 0.4) is 0 Å². The molecular weight excluding hydrogens is 474 g/mol. The van der Waals surface area contributed by atoms with Gasteiger partial charge in [0.05, 0.1) is 23.6 Å². The molecule has 4 aromatic rings. The van der Waals surface area contributed by atoms with Crippen molar-refractivity contribution in [3.05, 3.63) is 83.4 Å². The van der Waals surface area contributed by atoms with E-state index in [1.54, 1.807) is 43.5 Å². The molecule has 0 saturated heterocycles. The van der Waals surface area contributed by atoms with Crippen LogP contribution in [0.4, 0.5) is 5.69 Å². The van der Waals surface area contributed by atoms with Crippen LogP contribution >= 0.6 is 23.4 Å². The van der Waals surface area contributed by atoms with Gasteiger partial charge in [-0.25, -0.2) is 0 Å². The molecule has 34 heavy (non-hydrogen) atoms. The van der Waals surface area contributed by atoms with Crippen molar-refractivity contribution in [3.8, 4) is 22.8 Å². The van der Waals surface area contributed by atoms with Crippen molar-refractivity contribution >= 4 is 40.9 Å². The maximum absolute atomic E-state index is 12.5. The molecule has 172 valence electrons. The highest BCUT2D eigenvalue weighted by atomic mass is 35.5. The van der Waals surface area contributed by atoms with E-state index in [-0.39, 0.29) is 11.7 Å². The first-order valence-electron chi connectivity index (χ1n) is 10.1. The summed E-state index contributed by atoms with van der Waals surface area (Å²) in [6.45, 7) is 0. The first-order chi connectivity index (χ1) is 16.5. The molecule has 3 aromatic carbocycles. The number of rotatable bonds is 8. The van der Waals surface area contributed by atoms with E-state index in [9.17, 15) is 9.59 Å². The monoisotopic (exact) mass is 493 g/mol. The van der Waals surface area contributed by atoms with Crippen LogP contribution in [0, 0.1) is 0 Å². The van der Waals surface area contributed by atoms with Gasteiger partial charge >= 0.3 is 0 Å². The second-order valence-corrected chi connectivity index (χ2v) is 8.45. The van der Waals surface area contributed by atoms with E-state index in [0.717, 1.165) is 11.3 Å². The van der Waals surface area contributed by atoms with E-state index < -0.39 is 5.91 Å². The smallest absolute Gasteiger partial charge is 0.248 e. The lowest BCUT2D eigenvalue weighted by molar-refractivity contribution is -0.113. The number of nitrogens with one attached hydrogen (secondary N) is 1. The summed E-state index contributed by atoms with van der Waals surface area (Å²) in [7, 11) is 1.55. The van der Waals surface area contributed by atoms with Gasteiger partial charge in [0.25, 0.3) is 0 Å². The topological polar surface area (TPSA) is 112 Å². The van der Waals surface area contributed by atoms with E-state index in [1.807, 2.05) is 41.0 Å². The minimum absolute atomic E-state index is 0.0916. The van der Waals surface area contributed by atoms with E-state index in [2.05, 4.69) is 15.5 Å². The number of halogens is 1. The van der Waals surface area contributed by atoms with Crippen molar-refractivity contribution in [3.63, 3.8) is 0 Å². The Morgan fingerprint density at radius 3 is 2.44 bits per heavy atom. The molecule has 1 aromatic heterocycles. The van der Waals surface area contributed by atoms with Crippen molar-refractivity contribution in [2.45, 2.75) is 5.16 Å². The van der Waals surface area contributed by atoms with Gasteiger partial charge in [0.2, 0.25) is 11.8 Å². The minimum Gasteiger partial charge on any atom is -0.495 e. The Balaban J connectivity index is 1.58. The van der Waals surface area contributed by atoms with Crippen LogP contribution in [0.1, 0.15) is 10.4 Å². The molecule has 1 heterocycles. The maximum Gasteiger partial charge on any atom is 0.248 e. The average Bonchev–Trinajstić information content (AvgIpc) is 3.27. The lowest BCUT2D eigenvalue weighted by Crippen LogP contribution is -2.15. The summed E-state index contributed by atoms with van der Waals surface area (Å²) >= 11 is 7.60. The first kappa shape index (κ1) is 23.3. The van der Waals surface area contributed by atoms with Crippen LogP contribution in [0.2, 0.25) is 5.02 Å². The van der Waals surface area contributed by atoms with E-state index >= 15 is 0 Å². The number of primary amides is 1. The number of thioether (sulfide) groups is 1. The predicted molar refractivity (Wildman–Crippen MR) is 133 cm³/mol. The Kier molecular flexibility index (Phi) is 7.15. The van der Waals surface area contributed by atoms with Crippen molar-refractivity contribution < 1.29 is 14.3 Å². The zero-order valence-corrected chi connectivity index (χ0v) is 19.6. The highest BCUT2D eigenvalue weighted by Crippen LogP contribution is 2.32. The Morgan fingerprint density at radius 2 is 1.79 bits per heavy atom. The van der Waals surface area contributed by atoms with Gasteiger partial charge in [-0.15, -0.1) is 10.2 Å². The van der Waals surface area contributed by atoms with Crippen molar-refractivity contribution in [1.82, 2.24) is 14.8 Å². The summed E-state index contributed by atoms with van der Waals surface area (Å²) in [4.78, 5) is 23.8. The van der Waals surface area contributed by atoms with Crippen LogP contribution < -0.4 is 15.8 Å². The standard InChI is InChI=1S/C24H20ClN5O3S/c1-33-20-12-11-18(13-19(20)25)30-23(16-5-3-2-4-6-16)28-29-24(30)34-14-21(31)27-17-9-7-15(8-10-17)22(26)32/h2-13H,14H2,1H3,(H2,26,32)(H,27,31). The number of carbonyl (C=O) groups is 2. The van der Waals surface area contributed by atoms with Crippen molar-refractivity contribution in [1.29, 1.82) is 0 Å². The molecule has 0 radical (unpaired) electrons.